The molecule has 0 spiro atoms. The highest BCUT2D eigenvalue weighted by molar-refractivity contribution is 5.50. The van der Waals surface area contributed by atoms with E-state index >= 15 is 0 Å². The Hall–Kier alpha value is -1.22. The topological polar surface area (TPSA) is 21.7 Å². The van der Waals surface area contributed by atoms with Crippen molar-refractivity contribution in [1.29, 1.82) is 0 Å². The van der Waals surface area contributed by atoms with Gasteiger partial charge in [0.05, 0.1) is 6.61 Å². The minimum absolute atomic E-state index is 0.0987. The molecule has 0 amide bonds. The summed E-state index contributed by atoms with van der Waals surface area (Å²) in [5, 5.41) is 0. The molecule has 2 aliphatic heterocycles. The third kappa shape index (κ3) is 2.19. The molecule has 18 heavy (non-hydrogen) atoms. The van der Waals surface area contributed by atoms with E-state index in [9.17, 15) is 0 Å². The minimum Gasteiger partial charge on any atom is -0.489 e. The molecule has 3 heteroatoms. The summed E-state index contributed by atoms with van der Waals surface area (Å²) in [6, 6.07) is 6.21. The highest BCUT2D eigenvalue weighted by Gasteiger charge is 2.32. The second-order valence-electron chi connectivity index (χ2n) is 6.18. The van der Waals surface area contributed by atoms with E-state index in [1.54, 1.807) is 0 Å². The highest BCUT2D eigenvalue weighted by atomic mass is 16.5. The largest absolute Gasteiger partial charge is 0.489 e. The Morgan fingerprint density at radius 3 is 2.89 bits per heavy atom. The Morgan fingerprint density at radius 2 is 2.17 bits per heavy atom. The summed E-state index contributed by atoms with van der Waals surface area (Å²) < 4.78 is 11.9. The minimum atomic E-state index is -0.0987. The maximum absolute atomic E-state index is 6.00. The van der Waals surface area contributed by atoms with E-state index < -0.39 is 0 Å². The summed E-state index contributed by atoms with van der Waals surface area (Å²) in [6.07, 6.45) is 0.964. The van der Waals surface area contributed by atoms with Crippen molar-refractivity contribution in [1.82, 2.24) is 4.90 Å². The van der Waals surface area contributed by atoms with Crippen LogP contribution in [0.1, 0.15) is 19.4 Å². The number of hydrogen-bond acceptors (Lipinski definition) is 3. The summed E-state index contributed by atoms with van der Waals surface area (Å²) in [6.45, 7) is 7.32. The molecule has 1 fully saturated rings. The van der Waals surface area contributed by atoms with Gasteiger partial charge in [0.25, 0.3) is 0 Å². The third-order valence-corrected chi connectivity index (χ3v) is 3.67. The molecule has 0 unspecified atom stereocenters. The Kier molecular flexibility index (Phi) is 2.74. The molecule has 1 aromatic rings. The first-order chi connectivity index (χ1) is 8.53. The molecule has 0 atom stereocenters. The molecular formula is C15H21NO2. The molecule has 2 heterocycles. The van der Waals surface area contributed by atoms with Crippen molar-refractivity contribution in [2.24, 2.45) is 5.92 Å². The molecule has 0 aromatic heterocycles. The van der Waals surface area contributed by atoms with Crippen LogP contribution in [0.2, 0.25) is 0 Å². The van der Waals surface area contributed by atoms with Crippen LogP contribution in [0.15, 0.2) is 18.2 Å². The maximum atomic E-state index is 6.00. The normalized spacial score (nSPS) is 22.2. The molecular weight excluding hydrogens is 226 g/mol. The Labute approximate surface area is 109 Å². The molecule has 3 nitrogen and oxygen atoms in total. The van der Waals surface area contributed by atoms with E-state index in [0.29, 0.717) is 5.92 Å². The lowest BCUT2D eigenvalue weighted by atomic mass is 10.0. The van der Waals surface area contributed by atoms with Gasteiger partial charge in [0.1, 0.15) is 5.60 Å². The monoisotopic (exact) mass is 247 g/mol. The fourth-order valence-corrected chi connectivity index (χ4v) is 2.84. The molecule has 0 radical (unpaired) electrons. The number of benzene rings is 1. The van der Waals surface area contributed by atoms with Crippen LogP contribution >= 0.6 is 0 Å². The van der Waals surface area contributed by atoms with E-state index in [1.807, 2.05) is 6.07 Å². The van der Waals surface area contributed by atoms with E-state index in [-0.39, 0.29) is 5.60 Å². The smallest absolute Gasteiger partial charge is 0.165 e. The zero-order valence-electron chi connectivity index (χ0n) is 11.4. The summed E-state index contributed by atoms with van der Waals surface area (Å²) in [7, 11) is 2.14. The number of fused-ring (bicyclic) bond motifs is 1. The van der Waals surface area contributed by atoms with Crippen molar-refractivity contribution in [3.05, 3.63) is 23.8 Å². The van der Waals surface area contributed by atoms with Gasteiger partial charge in [-0.25, -0.2) is 0 Å². The standard InChI is InChI=1S/C15H21NO2/c1-15(2)7-12-5-4-6-13(14(12)18-15)17-10-11-8-16(3)9-11/h4-6,11H,7-10H2,1-3H3. The van der Waals surface area contributed by atoms with Gasteiger partial charge in [-0.3, -0.25) is 0 Å². The zero-order valence-corrected chi connectivity index (χ0v) is 11.4. The van der Waals surface area contributed by atoms with Gasteiger partial charge in [-0.05, 0) is 27.0 Å². The van der Waals surface area contributed by atoms with E-state index in [4.69, 9.17) is 9.47 Å². The van der Waals surface area contributed by atoms with Crippen LogP contribution in [-0.2, 0) is 6.42 Å². The number of hydrogen-bond donors (Lipinski definition) is 0. The predicted octanol–water partition coefficient (Wildman–Crippen LogP) is 2.34. The SMILES string of the molecule is CN1CC(COc2cccc3c2OC(C)(C)C3)C1. The van der Waals surface area contributed by atoms with Crippen LogP contribution in [0.25, 0.3) is 0 Å². The van der Waals surface area contributed by atoms with Crippen molar-refractivity contribution >= 4 is 0 Å². The fourth-order valence-electron chi connectivity index (χ4n) is 2.84. The molecule has 1 aromatic carbocycles. The fraction of sp³-hybridized carbons (Fsp3) is 0.600. The van der Waals surface area contributed by atoms with Crippen LogP contribution in [0.3, 0.4) is 0 Å². The van der Waals surface area contributed by atoms with E-state index in [2.05, 4.69) is 37.9 Å². The second-order valence-corrected chi connectivity index (χ2v) is 6.18. The van der Waals surface area contributed by atoms with Crippen LogP contribution in [0, 0.1) is 5.92 Å². The average molecular weight is 247 g/mol. The van der Waals surface area contributed by atoms with E-state index in [1.165, 1.54) is 5.56 Å². The molecule has 98 valence electrons. The number of para-hydroxylation sites is 1. The van der Waals surface area contributed by atoms with Crippen LogP contribution in [0.4, 0.5) is 0 Å². The van der Waals surface area contributed by atoms with Crippen LogP contribution < -0.4 is 9.47 Å². The van der Waals surface area contributed by atoms with Gasteiger partial charge < -0.3 is 14.4 Å². The molecule has 1 saturated heterocycles. The Balaban J connectivity index is 1.69. The lowest BCUT2D eigenvalue weighted by Gasteiger charge is -2.35. The lowest BCUT2D eigenvalue weighted by molar-refractivity contribution is 0.0807. The number of nitrogens with zero attached hydrogens (tertiary/aromatic N) is 1. The van der Waals surface area contributed by atoms with Gasteiger partial charge in [-0.1, -0.05) is 12.1 Å². The average Bonchev–Trinajstić information content (AvgIpc) is 2.57. The molecule has 0 aliphatic carbocycles. The zero-order chi connectivity index (χ0) is 12.8. The molecule has 0 bridgehead atoms. The van der Waals surface area contributed by atoms with Crippen molar-refractivity contribution in [3.8, 4) is 11.5 Å². The van der Waals surface area contributed by atoms with Gasteiger partial charge >= 0.3 is 0 Å². The van der Waals surface area contributed by atoms with Crippen molar-refractivity contribution in [2.45, 2.75) is 25.9 Å². The summed E-state index contributed by atoms with van der Waals surface area (Å²) in [4.78, 5) is 2.31. The number of likely N-dealkylation sites (tertiary alicyclic amines) is 1. The molecule has 0 N–H and O–H groups in total. The van der Waals surface area contributed by atoms with Gasteiger partial charge in [0, 0.05) is 31.0 Å². The summed E-state index contributed by atoms with van der Waals surface area (Å²) in [5.74, 6) is 2.53. The quantitative estimate of drug-likeness (QED) is 0.818. The molecule has 0 saturated carbocycles. The predicted molar refractivity (Wildman–Crippen MR) is 71.3 cm³/mol. The number of rotatable bonds is 3. The first kappa shape index (κ1) is 11.8. The summed E-state index contributed by atoms with van der Waals surface area (Å²) >= 11 is 0. The molecule has 3 rings (SSSR count). The van der Waals surface area contributed by atoms with Crippen molar-refractivity contribution in [3.63, 3.8) is 0 Å². The molecule has 2 aliphatic rings. The summed E-state index contributed by atoms with van der Waals surface area (Å²) in [5.41, 5.74) is 1.17. The van der Waals surface area contributed by atoms with E-state index in [0.717, 1.165) is 37.6 Å². The lowest BCUT2D eigenvalue weighted by Crippen LogP contribution is -2.46. The van der Waals surface area contributed by atoms with Gasteiger partial charge in [-0.15, -0.1) is 0 Å². The van der Waals surface area contributed by atoms with Gasteiger partial charge in [-0.2, -0.15) is 0 Å². The van der Waals surface area contributed by atoms with Crippen molar-refractivity contribution < 1.29 is 9.47 Å². The van der Waals surface area contributed by atoms with Crippen LogP contribution in [-0.4, -0.2) is 37.2 Å². The first-order valence-corrected chi connectivity index (χ1v) is 6.66. The maximum Gasteiger partial charge on any atom is 0.165 e. The first-order valence-electron chi connectivity index (χ1n) is 6.66. The number of ether oxygens (including phenoxy) is 2. The van der Waals surface area contributed by atoms with Crippen LogP contribution in [0.5, 0.6) is 11.5 Å². The Bertz CT molecular complexity index is 450. The Morgan fingerprint density at radius 1 is 1.39 bits per heavy atom. The van der Waals surface area contributed by atoms with Gasteiger partial charge in [0.15, 0.2) is 11.5 Å². The second kappa shape index (κ2) is 4.16. The highest BCUT2D eigenvalue weighted by Crippen LogP contribution is 2.41. The van der Waals surface area contributed by atoms with Crippen molar-refractivity contribution in [2.75, 3.05) is 26.7 Å². The third-order valence-electron chi connectivity index (χ3n) is 3.67. The van der Waals surface area contributed by atoms with Gasteiger partial charge in [0.2, 0.25) is 0 Å².